The molecule has 2 aromatic rings. The predicted molar refractivity (Wildman–Crippen MR) is 76.3 cm³/mol. The smallest absolute Gasteiger partial charge is 0.315 e. The van der Waals surface area contributed by atoms with Gasteiger partial charge in [-0.25, -0.2) is 0 Å². The fourth-order valence-corrected chi connectivity index (χ4v) is 2.18. The van der Waals surface area contributed by atoms with Crippen LogP contribution in [0.3, 0.4) is 0 Å². The zero-order valence-electron chi connectivity index (χ0n) is 11.1. The van der Waals surface area contributed by atoms with Crippen molar-refractivity contribution in [3.8, 4) is 0 Å². The van der Waals surface area contributed by atoms with Crippen molar-refractivity contribution < 1.29 is 9.59 Å². The Morgan fingerprint density at radius 1 is 1.15 bits per heavy atom. The Bertz CT molecular complexity index is 612. The van der Waals surface area contributed by atoms with Crippen molar-refractivity contribution in [2.75, 3.05) is 5.32 Å². The molecule has 0 fully saturated rings. The average molecular weight is 290 g/mol. The summed E-state index contributed by atoms with van der Waals surface area (Å²) in [5.74, 6) is -1.45. The fraction of sp³-hybridized carbons (Fsp3) is 0.231. The lowest BCUT2D eigenvalue weighted by Crippen LogP contribution is -2.36. The number of aryl methyl sites for hydroxylation is 1. The largest absolute Gasteiger partial charge is 0.341 e. The second kappa shape index (κ2) is 6.25. The summed E-state index contributed by atoms with van der Waals surface area (Å²) in [7, 11) is 0. The summed E-state index contributed by atoms with van der Waals surface area (Å²) in [6.07, 6.45) is 0. The van der Waals surface area contributed by atoms with Gasteiger partial charge in [0.1, 0.15) is 5.01 Å². The number of carbonyl (C=O) groups is 2. The molecular formula is C13H14N4O2S. The van der Waals surface area contributed by atoms with Crippen LogP contribution in [-0.2, 0) is 9.59 Å². The summed E-state index contributed by atoms with van der Waals surface area (Å²) in [5, 5.41) is 13.6. The number of carbonyl (C=O) groups excluding carboxylic acids is 2. The van der Waals surface area contributed by atoms with Gasteiger partial charge in [0, 0.05) is 0 Å². The molecule has 2 rings (SSSR count). The summed E-state index contributed by atoms with van der Waals surface area (Å²) in [6.45, 7) is 3.58. The summed E-state index contributed by atoms with van der Waals surface area (Å²) in [4.78, 5) is 23.5. The lowest BCUT2D eigenvalue weighted by Gasteiger charge is -2.13. The van der Waals surface area contributed by atoms with Crippen LogP contribution in [0.1, 0.15) is 23.5 Å². The van der Waals surface area contributed by atoms with E-state index in [1.807, 2.05) is 37.3 Å². The lowest BCUT2D eigenvalue weighted by molar-refractivity contribution is -0.136. The molecule has 0 radical (unpaired) electrons. The van der Waals surface area contributed by atoms with Crippen LogP contribution >= 0.6 is 11.3 Å². The minimum absolute atomic E-state index is 0.245. The summed E-state index contributed by atoms with van der Waals surface area (Å²) < 4.78 is 0. The van der Waals surface area contributed by atoms with E-state index in [0.717, 1.165) is 10.6 Å². The highest BCUT2D eigenvalue weighted by Gasteiger charge is 2.18. The molecule has 1 heterocycles. The molecule has 0 aliphatic carbocycles. The first-order valence-corrected chi connectivity index (χ1v) is 6.85. The summed E-state index contributed by atoms with van der Waals surface area (Å²) >= 11 is 1.21. The van der Waals surface area contributed by atoms with Gasteiger partial charge in [0.25, 0.3) is 0 Å². The van der Waals surface area contributed by atoms with Crippen molar-refractivity contribution in [2.24, 2.45) is 0 Å². The number of benzene rings is 1. The Kier molecular flexibility index (Phi) is 4.41. The van der Waals surface area contributed by atoms with Crippen LogP contribution < -0.4 is 10.6 Å². The number of hydrogen-bond donors (Lipinski definition) is 2. The molecule has 6 nitrogen and oxygen atoms in total. The quantitative estimate of drug-likeness (QED) is 0.842. The first-order chi connectivity index (χ1) is 9.56. The Morgan fingerprint density at radius 2 is 1.85 bits per heavy atom. The number of nitrogens with one attached hydrogen (secondary N) is 2. The maximum absolute atomic E-state index is 11.8. The molecule has 104 valence electrons. The van der Waals surface area contributed by atoms with Crippen molar-refractivity contribution in [3.63, 3.8) is 0 Å². The molecule has 0 unspecified atom stereocenters. The maximum Gasteiger partial charge on any atom is 0.315 e. The molecule has 0 aliphatic rings. The van der Waals surface area contributed by atoms with Crippen LogP contribution in [0.4, 0.5) is 5.13 Å². The number of rotatable bonds is 3. The number of aromatic nitrogens is 2. The Hall–Kier alpha value is -2.28. The van der Waals surface area contributed by atoms with Gasteiger partial charge in [-0.2, -0.15) is 0 Å². The van der Waals surface area contributed by atoms with Crippen LogP contribution in [0.25, 0.3) is 0 Å². The lowest BCUT2D eigenvalue weighted by atomic mass is 10.1. The topological polar surface area (TPSA) is 84.0 Å². The molecule has 0 aliphatic heterocycles. The predicted octanol–water partition coefficient (Wildman–Crippen LogP) is 1.66. The molecule has 7 heteroatoms. The van der Waals surface area contributed by atoms with Crippen molar-refractivity contribution >= 4 is 28.3 Å². The van der Waals surface area contributed by atoms with Crippen molar-refractivity contribution in [1.29, 1.82) is 0 Å². The third kappa shape index (κ3) is 3.61. The van der Waals surface area contributed by atoms with Gasteiger partial charge < -0.3 is 5.32 Å². The monoisotopic (exact) mass is 290 g/mol. The fourth-order valence-electron chi connectivity index (χ4n) is 1.59. The van der Waals surface area contributed by atoms with Gasteiger partial charge >= 0.3 is 11.8 Å². The van der Waals surface area contributed by atoms with Crippen LogP contribution in [0.5, 0.6) is 0 Å². The first-order valence-electron chi connectivity index (χ1n) is 6.03. The van der Waals surface area contributed by atoms with Gasteiger partial charge in [0.05, 0.1) is 6.04 Å². The van der Waals surface area contributed by atoms with Crippen molar-refractivity contribution in [3.05, 3.63) is 40.9 Å². The van der Waals surface area contributed by atoms with E-state index in [9.17, 15) is 9.59 Å². The van der Waals surface area contributed by atoms with E-state index in [1.54, 1.807) is 6.92 Å². The standard InChI is InChI=1S/C13H14N4O2S/c1-8(10-6-4-3-5-7-10)14-11(18)12(19)15-13-17-16-9(2)20-13/h3-8H,1-2H3,(H,14,18)(H,15,17,19)/t8-/m1/s1. The number of hydrogen-bond acceptors (Lipinski definition) is 5. The molecule has 1 atom stereocenters. The molecular weight excluding hydrogens is 276 g/mol. The average Bonchev–Trinajstić information content (AvgIpc) is 2.85. The highest BCUT2D eigenvalue weighted by molar-refractivity contribution is 7.15. The number of amides is 2. The molecule has 0 saturated carbocycles. The van der Waals surface area contributed by atoms with E-state index in [1.165, 1.54) is 11.3 Å². The minimum Gasteiger partial charge on any atom is -0.341 e. The molecule has 0 spiro atoms. The molecule has 0 saturated heterocycles. The molecule has 1 aromatic carbocycles. The molecule has 2 N–H and O–H groups in total. The normalized spacial score (nSPS) is 11.7. The van der Waals surface area contributed by atoms with E-state index >= 15 is 0 Å². The minimum atomic E-state index is -0.746. The van der Waals surface area contributed by atoms with Gasteiger partial charge in [0.15, 0.2) is 0 Å². The van der Waals surface area contributed by atoms with Crippen molar-refractivity contribution in [1.82, 2.24) is 15.5 Å². The molecule has 0 bridgehead atoms. The van der Waals surface area contributed by atoms with Crippen molar-refractivity contribution in [2.45, 2.75) is 19.9 Å². The van der Waals surface area contributed by atoms with Crippen LogP contribution in [0, 0.1) is 6.92 Å². The number of nitrogens with zero attached hydrogens (tertiary/aromatic N) is 2. The third-order valence-corrected chi connectivity index (χ3v) is 3.35. The third-order valence-electron chi connectivity index (χ3n) is 2.60. The van der Waals surface area contributed by atoms with E-state index in [2.05, 4.69) is 20.8 Å². The van der Waals surface area contributed by atoms with E-state index in [0.29, 0.717) is 5.13 Å². The van der Waals surface area contributed by atoms with E-state index in [4.69, 9.17) is 0 Å². The van der Waals surface area contributed by atoms with Gasteiger partial charge in [-0.3, -0.25) is 14.9 Å². The first kappa shape index (κ1) is 14.1. The molecule has 2 amide bonds. The van der Waals surface area contributed by atoms with Gasteiger partial charge in [-0.15, -0.1) is 10.2 Å². The van der Waals surface area contributed by atoms with E-state index in [-0.39, 0.29) is 6.04 Å². The Labute approximate surface area is 120 Å². The van der Waals surface area contributed by atoms with Crippen LogP contribution in [-0.4, -0.2) is 22.0 Å². The van der Waals surface area contributed by atoms with Gasteiger partial charge in [0.2, 0.25) is 5.13 Å². The second-order valence-corrected chi connectivity index (χ2v) is 5.37. The molecule has 1 aromatic heterocycles. The van der Waals surface area contributed by atoms with Gasteiger partial charge in [-0.05, 0) is 19.4 Å². The van der Waals surface area contributed by atoms with Crippen LogP contribution in [0.15, 0.2) is 30.3 Å². The zero-order valence-corrected chi connectivity index (χ0v) is 11.9. The maximum atomic E-state index is 11.8. The summed E-state index contributed by atoms with van der Waals surface area (Å²) in [5.41, 5.74) is 0.931. The number of anilines is 1. The summed E-state index contributed by atoms with van der Waals surface area (Å²) in [6, 6.07) is 9.17. The second-order valence-electron chi connectivity index (χ2n) is 4.19. The zero-order chi connectivity index (χ0) is 14.5. The SMILES string of the molecule is Cc1nnc(NC(=O)C(=O)N[C@H](C)c2ccccc2)s1. The van der Waals surface area contributed by atoms with Gasteiger partial charge in [-0.1, -0.05) is 41.7 Å². The highest BCUT2D eigenvalue weighted by atomic mass is 32.1. The van der Waals surface area contributed by atoms with Crippen LogP contribution in [0.2, 0.25) is 0 Å². The van der Waals surface area contributed by atoms with E-state index < -0.39 is 11.8 Å². The highest BCUT2D eigenvalue weighted by Crippen LogP contribution is 2.14. The molecule has 20 heavy (non-hydrogen) atoms. The Balaban J connectivity index is 1.93. The Morgan fingerprint density at radius 3 is 2.45 bits per heavy atom.